The van der Waals surface area contributed by atoms with Gasteiger partial charge in [0.1, 0.15) is 0 Å². The summed E-state index contributed by atoms with van der Waals surface area (Å²) >= 11 is 0. The molecular weight excluding hydrogens is 1310 g/mol. The molecule has 0 fully saturated rings. The Morgan fingerprint density at radius 3 is 0.427 bits per heavy atom. The molecule has 0 aliphatic carbocycles. The molecule has 460 valence electrons. The molecule has 0 radical (unpaired) electrons. The van der Waals surface area contributed by atoms with Gasteiger partial charge in [-0.15, -0.1) is 0 Å². The van der Waals surface area contributed by atoms with Gasteiger partial charge in [0.05, 0.1) is 0 Å². The van der Waals surface area contributed by atoms with Crippen LogP contribution in [-0.4, -0.2) is 17.4 Å². The van der Waals surface area contributed by atoms with Crippen LogP contribution >= 0.6 is 31.7 Å². The zero-order valence-electron chi connectivity index (χ0n) is 52.5. The van der Waals surface area contributed by atoms with E-state index in [0.717, 1.165) is 0 Å². The number of halogens is 3. The second-order valence-electron chi connectivity index (χ2n) is 22.7. The maximum absolute atomic E-state index is 2.42. The van der Waals surface area contributed by atoms with Crippen LogP contribution < -0.4 is 101 Å². The predicted molar refractivity (Wildman–Crippen MR) is 414 cm³/mol. The zero-order valence-corrected chi connectivity index (χ0v) is 59.5. The van der Waals surface area contributed by atoms with Crippen LogP contribution in [0.15, 0.2) is 388 Å². The van der Waals surface area contributed by atoms with Crippen LogP contribution in [0.4, 0.5) is 0 Å². The molecule has 0 N–H and O–H groups in total. The van der Waals surface area contributed by atoms with Gasteiger partial charge in [-0.25, -0.2) is 0 Å². The van der Waals surface area contributed by atoms with Crippen molar-refractivity contribution in [3.05, 3.63) is 388 Å². The number of rotatable bonds is 14. The Bertz CT molecular complexity index is 4360. The van der Waals surface area contributed by atoms with E-state index in [4.69, 9.17) is 0 Å². The summed E-state index contributed by atoms with van der Waals surface area (Å²) < 4.78 is 0. The molecule has 0 unspecified atom stereocenters. The molecule has 0 bridgehead atoms. The van der Waals surface area contributed by atoms with Crippen molar-refractivity contribution in [2.75, 3.05) is 0 Å². The molecule has 0 nitrogen and oxygen atoms in total. The van der Waals surface area contributed by atoms with Crippen LogP contribution in [0.3, 0.4) is 0 Å². The minimum atomic E-state index is -0.852. The summed E-state index contributed by atoms with van der Waals surface area (Å²) in [5.74, 6) is 0. The summed E-state index contributed by atoms with van der Waals surface area (Å²) in [6, 6.07) is 144. The molecule has 0 aromatic heterocycles. The first kappa shape index (κ1) is 69.0. The van der Waals surface area contributed by atoms with Gasteiger partial charge in [-0.05, 0) is 161 Å². The van der Waals surface area contributed by atoms with Gasteiger partial charge in [-0.3, -0.25) is 0 Å². The van der Waals surface area contributed by atoms with E-state index < -0.39 is 31.7 Å². The summed E-state index contributed by atoms with van der Waals surface area (Å²) in [7, 11) is -3.41. The summed E-state index contributed by atoms with van der Waals surface area (Å²) in [6.07, 6.45) is 0. The minimum Gasteiger partial charge on any atom is -1.00 e. The first-order valence-corrected chi connectivity index (χ1v) is 36.8. The first-order valence-electron chi connectivity index (χ1n) is 31.4. The van der Waals surface area contributed by atoms with Crippen molar-refractivity contribution in [2.45, 2.75) is 0 Å². The molecule has 16 aromatic rings. The molecule has 0 atom stereocenters. The molecule has 0 saturated heterocycles. The molecule has 96 heavy (non-hydrogen) atoms. The van der Waals surface area contributed by atoms with Crippen LogP contribution in [-0.2, 0) is 0 Å². The van der Waals surface area contributed by atoms with Gasteiger partial charge in [-0.2, -0.15) is 0 Å². The van der Waals surface area contributed by atoms with Gasteiger partial charge in [0, 0.05) is 0 Å². The van der Waals surface area contributed by atoms with E-state index >= 15 is 0 Å². The van der Waals surface area contributed by atoms with Crippen molar-refractivity contribution < 1.29 is 37.2 Å². The van der Waals surface area contributed by atoms with Crippen LogP contribution in [0, 0.1) is 0 Å². The van der Waals surface area contributed by atoms with E-state index in [2.05, 4.69) is 388 Å². The van der Waals surface area contributed by atoms with E-state index in [-0.39, 0.29) is 54.6 Å². The summed E-state index contributed by atoms with van der Waals surface area (Å²) in [6.45, 7) is 0. The molecule has 0 amide bonds. The number of benzene rings is 16. The van der Waals surface area contributed by atoms with Crippen LogP contribution in [0.25, 0.3) is 65.3 Å². The van der Waals surface area contributed by atoms with Crippen LogP contribution in [0.2, 0.25) is 0 Å². The maximum atomic E-state index is 2.42. The SMILES string of the molecule is [Al+3].[Cl-].[Cl-].[Cl-].c1ccc(P(c2ccccc2)c2ccc3ccccc3c2-c2c(P(c3ccccc3)c3ccccc3)ccc3ccccc23)cc1.c1ccc(P(c2ccccc2)c2ccc3ccccc3c2-c2c(P(c3ccccc3)c3ccccc3)ccc3ccccc23)cc1. The molecule has 16 aromatic carbocycles. The molecule has 16 rings (SSSR count). The van der Waals surface area contributed by atoms with Crippen LogP contribution in [0.1, 0.15) is 0 Å². The molecule has 0 heterocycles. The van der Waals surface area contributed by atoms with Gasteiger partial charge in [0.2, 0.25) is 0 Å². The fourth-order valence-electron chi connectivity index (χ4n) is 13.2. The Morgan fingerprint density at radius 2 is 0.271 bits per heavy atom. The Kier molecular flexibility index (Phi) is 23.5. The number of fused-ring (bicyclic) bond motifs is 4. The van der Waals surface area contributed by atoms with Crippen molar-refractivity contribution in [1.82, 2.24) is 0 Å². The maximum Gasteiger partial charge on any atom is 3.00 e. The average molecular weight is 1380 g/mol. The third-order valence-electron chi connectivity index (χ3n) is 17.2. The predicted octanol–water partition coefficient (Wildman–Crippen LogP) is 8.98. The van der Waals surface area contributed by atoms with Gasteiger partial charge < -0.3 is 37.2 Å². The third kappa shape index (κ3) is 14.2. The first-order chi connectivity index (χ1) is 45.7. The summed E-state index contributed by atoms with van der Waals surface area (Å²) in [4.78, 5) is 0. The van der Waals surface area contributed by atoms with Crippen molar-refractivity contribution >= 4 is 156 Å². The second-order valence-corrected chi connectivity index (χ2v) is 31.5. The standard InChI is InChI=1S/2C44H32P2.Al.3ClH/c2*1-5-19-35(20-6-1)45(36-21-7-2-8-22-36)41-31-29-33-17-13-15-27-39(33)43(41)44-40-28-16-14-18-34(40)30-32-42(44)46(37-23-9-3-10-24-37)38-25-11-4-12-26-38;;;;/h2*1-32H;;3*1H/q;;+3;;;/p-3. The molecule has 0 saturated carbocycles. The minimum absolute atomic E-state index is 0. The van der Waals surface area contributed by atoms with Crippen molar-refractivity contribution in [3.63, 3.8) is 0 Å². The molecule has 0 aliphatic rings. The van der Waals surface area contributed by atoms with E-state index in [1.54, 1.807) is 0 Å². The van der Waals surface area contributed by atoms with Crippen molar-refractivity contribution in [1.29, 1.82) is 0 Å². The third-order valence-corrected chi connectivity index (χ3v) is 27.1. The Labute approximate surface area is 598 Å². The normalized spacial score (nSPS) is 11.0. The average Bonchev–Trinajstić information content (AvgIpc) is 0.740. The molecule has 0 spiro atoms. The number of hydrogen-bond acceptors (Lipinski definition) is 0. The van der Waals surface area contributed by atoms with Gasteiger partial charge >= 0.3 is 17.4 Å². The number of hydrogen-bond donors (Lipinski definition) is 0. The van der Waals surface area contributed by atoms with Gasteiger partial charge in [0.15, 0.2) is 0 Å². The summed E-state index contributed by atoms with van der Waals surface area (Å²) in [5.41, 5.74) is 5.40. The summed E-state index contributed by atoms with van der Waals surface area (Å²) in [5, 5.41) is 26.7. The Hall–Kier alpha value is -8.32. The van der Waals surface area contributed by atoms with Crippen LogP contribution in [0.5, 0.6) is 0 Å². The fourth-order valence-corrected chi connectivity index (χ4v) is 23.1. The van der Waals surface area contributed by atoms with E-state index in [1.807, 2.05) is 0 Å². The zero-order chi connectivity index (χ0) is 61.4. The smallest absolute Gasteiger partial charge is 1.00 e. The molecule has 0 aliphatic heterocycles. The monoisotopic (exact) mass is 1380 g/mol. The molecular formula is C88H64AlCl3P4. The Morgan fingerprint density at radius 1 is 0.135 bits per heavy atom. The van der Waals surface area contributed by atoms with Gasteiger partial charge in [0.25, 0.3) is 0 Å². The van der Waals surface area contributed by atoms with Crippen molar-refractivity contribution in [3.8, 4) is 22.3 Å². The Balaban J connectivity index is 0.000000187. The topological polar surface area (TPSA) is 0 Å². The largest absolute Gasteiger partial charge is 3.00 e. The van der Waals surface area contributed by atoms with Gasteiger partial charge in [-0.1, -0.05) is 388 Å². The van der Waals surface area contributed by atoms with E-state index in [0.29, 0.717) is 0 Å². The fraction of sp³-hybridized carbons (Fsp3) is 0. The quantitative estimate of drug-likeness (QED) is 0.0755. The molecule has 8 heteroatoms. The van der Waals surface area contributed by atoms with E-state index in [9.17, 15) is 0 Å². The van der Waals surface area contributed by atoms with E-state index in [1.165, 1.54) is 129 Å². The van der Waals surface area contributed by atoms with Crippen molar-refractivity contribution in [2.24, 2.45) is 0 Å². The second kappa shape index (κ2) is 32.6.